The fraction of sp³-hybridized carbons (Fsp3) is 0.600. The monoisotopic (exact) mass is 248 g/mol. The fourth-order valence-electron chi connectivity index (χ4n) is 2.66. The smallest absolute Gasteiger partial charge is 0.120 e. The normalized spacial score (nSPS) is 21.4. The summed E-state index contributed by atoms with van der Waals surface area (Å²) in [5, 5.41) is 9.84. The zero-order valence-corrected chi connectivity index (χ0v) is 11.6. The summed E-state index contributed by atoms with van der Waals surface area (Å²) in [5.41, 5.74) is 7.79. The van der Waals surface area contributed by atoms with Crippen molar-refractivity contribution in [2.45, 2.75) is 33.7 Å². The summed E-state index contributed by atoms with van der Waals surface area (Å²) in [7, 11) is 0. The van der Waals surface area contributed by atoms with Gasteiger partial charge in [0, 0.05) is 24.3 Å². The molecule has 0 spiro atoms. The van der Waals surface area contributed by atoms with Crippen LogP contribution in [0.2, 0.25) is 0 Å². The first kappa shape index (κ1) is 13.2. The van der Waals surface area contributed by atoms with Crippen LogP contribution in [-0.4, -0.2) is 23.1 Å². The number of nitrogen functional groups attached to an aromatic ring is 1. The van der Waals surface area contributed by atoms with Gasteiger partial charge < -0.3 is 10.8 Å². The van der Waals surface area contributed by atoms with E-state index in [1.54, 1.807) is 12.1 Å². The number of likely N-dealkylation sites (tertiary alicyclic amines) is 1. The molecule has 0 aliphatic carbocycles. The topological polar surface area (TPSA) is 49.5 Å². The van der Waals surface area contributed by atoms with Gasteiger partial charge in [0.15, 0.2) is 0 Å². The standard InChI is InChI=1S/C15H24N2O/c1-15(2,3)12-6-7-17(10-12)9-11-8-13(16)4-5-14(11)18/h4-5,8,12,18H,6-7,9-10,16H2,1-3H3. The van der Waals surface area contributed by atoms with Gasteiger partial charge in [-0.25, -0.2) is 0 Å². The molecule has 0 amide bonds. The average Bonchev–Trinajstić information content (AvgIpc) is 2.71. The fourth-order valence-corrected chi connectivity index (χ4v) is 2.66. The van der Waals surface area contributed by atoms with Crippen LogP contribution in [0.4, 0.5) is 5.69 Å². The Kier molecular flexibility index (Phi) is 3.53. The van der Waals surface area contributed by atoms with E-state index >= 15 is 0 Å². The van der Waals surface area contributed by atoms with Crippen LogP contribution < -0.4 is 5.73 Å². The summed E-state index contributed by atoms with van der Waals surface area (Å²) >= 11 is 0. The molecule has 0 radical (unpaired) electrons. The number of benzene rings is 1. The lowest BCUT2D eigenvalue weighted by atomic mass is 9.80. The van der Waals surface area contributed by atoms with Crippen molar-refractivity contribution in [3.63, 3.8) is 0 Å². The molecular weight excluding hydrogens is 224 g/mol. The van der Waals surface area contributed by atoms with Crippen molar-refractivity contribution < 1.29 is 5.11 Å². The lowest BCUT2D eigenvalue weighted by Gasteiger charge is -2.27. The molecular formula is C15H24N2O. The van der Waals surface area contributed by atoms with Gasteiger partial charge in [-0.1, -0.05) is 20.8 Å². The Labute approximate surface area is 110 Å². The molecule has 3 nitrogen and oxygen atoms in total. The summed E-state index contributed by atoms with van der Waals surface area (Å²) in [6.07, 6.45) is 1.24. The maximum Gasteiger partial charge on any atom is 0.120 e. The molecule has 18 heavy (non-hydrogen) atoms. The summed E-state index contributed by atoms with van der Waals surface area (Å²) in [6, 6.07) is 5.29. The third-order valence-corrected chi connectivity index (χ3v) is 3.99. The highest BCUT2D eigenvalue weighted by atomic mass is 16.3. The van der Waals surface area contributed by atoms with Gasteiger partial charge in [-0.15, -0.1) is 0 Å². The van der Waals surface area contributed by atoms with Crippen LogP contribution in [0.3, 0.4) is 0 Å². The van der Waals surface area contributed by atoms with Crippen LogP contribution in [0.15, 0.2) is 18.2 Å². The first-order valence-corrected chi connectivity index (χ1v) is 6.66. The van der Waals surface area contributed by atoms with Crippen LogP contribution in [0, 0.1) is 11.3 Å². The highest BCUT2D eigenvalue weighted by Gasteiger charge is 2.31. The highest BCUT2D eigenvalue weighted by molar-refractivity contribution is 5.47. The predicted molar refractivity (Wildman–Crippen MR) is 75.4 cm³/mol. The van der Waals surface area contributed by atoms with Gasteiger partial charge >= 0.3 is 0 Å². The predicted octanol–water partition coefficient (Wildman–Crippen LogP) is 2.84. The van der Waals surface area contributed by atoms with E-state index in [1.165, 1.54) is 6.42 Å². The molecule has 1 saturated heterocycles. The molecule has 0 bridgehead atoms. The zero-order chi connectivity index (χ0) is 13.3. The molecule has 100 valence electrons. The molecule has 1 aliphatic heterocycles. The second-order valence-electron chi connectivity index (χ2n) is 6.47. The number of nitrogens with zero attached hydrogens (tertiary/aromatic N) is 1. The van der Waals surface area contributed by atoms with Crippen LogP contribution in [0.25, 0.3) is 0 Å². The van der Waals surface area contributed by atoms with Gasteiger partial charge in [0.2, 0.25) is 0 Å². The number of nitrogens with two attached hydrogens (primary N) is 1. The second kappa shape index (κ2) is 4.81. The Morgan fingerprint density at radius 3 is 2.72 bits per heavy atom. The summed E-state index contributed by atoms with van der Waals surface area (Å²) in [5.74, 6) is 1.09. The van der Waals surface area contributed by atoms with Crippen molar-refractivity contribution in [3.05, 3.63) is 23.8 Å². The van der Waals surface area contributed by atoms with Gasteiger partial charge in [-0.3, -0.25) is 4.90 Å². The number of aromatic hydroxyl groups is 1. The van der Waals surface area contributed by atoms with Gasteiger partial charge in [0.1, 0.15) is 5.75 Å². The van der Waals surface area contributed by atoms with Crippen LogP contribution in [0.1, 0.15) is 32.8 Å². The van der Waals surface area contributed by atoms with Crippen LogP contribution in [-0.2, 0) is 6.54 Å². The molecule has 3 N–H and O–H groups in total. The maximum absolute atomic E-state index is 9.84. The molecule has 3 heteroatoms. The first-order valence-electron chi connectivity index (χ1n) is 6.66. The zero-order valence-electron chi connectivity index (χ0n) is 11.6. The van der Waals surface area contributed by atoms with Gasteiger partial charge in [-0.2, -0.15) is 0 Å². The SMILES string of the molecule is CC(C)(C)C1CCN(Cc2cc(N)ccc2O)C1. The number of rotatable bonds is 2. The van der Waals surface area contributed by atoms with E-state index in [-0.39, 0.29) is 0 Å². The highest BCUT2D eigenvalue weighted by Crippen LogP contribution is 2.34. The summed E-state index contributed by atoms with van der Waals surface area (Å²) in [4.78, 5) is 2.41. The Bertz CT molecular complexity index is 423. The molecule has 0 saturated carbocycles. The van der Waals surface area contributed by atoms with E-state index < -0.39 is 0 Å². The Morgan fingerprint density at radius 1 is 1.39 bits per heavy atom. The first-order chi connectivity index (χ1) is 8.36. The van der Waals surface area contributed by atoms with E-state index in [1.807, 2.05) is 6.07 Å². The van der Waals surface area contributed by atoms with Crippen molar-refractivity contribution in [1.29, 1.82) is 0 Å². The average molecular weight is 248 g/mol. The number of hydrogen-bond donors (Lipinski definition) is 2. The van der Waals surface area contributed by atoms with E-state index in [2.05, 4.69) is 25.7 Å². The van der Waals surface area contributed by atoms with E-state index in [9.17, 15) is 5.11 Å². The van der Waals surface area contributed by atoms with Crippen molar-refractivity contribution in [2.24, 2.45) is 11.3 Å². The van der Waals surface area contributed by atoms with Crippen molar-refractivity contribution in [1.82, 2.24) is 4.90 Å². The molecule has 1 aromatic rings. The van der Waals surface area contributed by atoms with Crippen LogP contribution >= 0.6 is 0 Å². The minimum atomic E-state index is 0.350. The van der Waals surface area contributed by atoms with Crippen molar-refractivity contribution in [2.75, 3.05) is 18.8 Å². The molecule has 2 rings (SSSR count). The van der Waals surface area contributed by atoms with Gasteiger partial charge in [0.25, 0.3) is 0 Å². The number of anilines is 1. The van der Waals surface area contributed by atoms with Gasteiger partial charge in [-0.05, 0) is 42.5 Å². The van der Waals surface area contributed by atoms with E-state index in [0.717, 1.165) is 36.8 Å². The minimum Gasteiger partial charge on any atom is -0.508 e. The number of phenolic OH excluding ortho intramolecular Hbond substituents is 1. The lowest BCUT2D eigenvalue weighted by molar-refractivity contribution is 0.225. The largest absolute Gasteiger partial charge is 0.508 e. The Balaban J connectivity index is 2.01. The lowest BCUT2D eigenvalue weighted by Crippen LogP contribution is -2.25. The van der Waals surface area contributed by atoms with Gasteiger partial charge in [0.05, 0.1) is 0 Å². The molecule has 1 atom stereocenters. The van der Waals surface area contributed by atoms with E-state index in [0.29, 0.717) is 11.2 Å². The third kappa shape index (κ3) is 2.96. The van der Waals surface area contributed by atoms with Crippen molar-refractivity contribution in [3.8, 4) is 5.75 Å². The minimum absolute atomic E-state index is 0.350. The Morgan fingerprint density at radius 2 is 2.11 bits per heavy atom. The number of phenols is 1. The molecule has 1 aromatic carbocycles. The maximum atomic E-state index is 9.84. The Hall–Kier alpha value is -1.22. The van der Waals surface area contributed by atoms with E-state index in [4.69, 9.17) is 5.73 Å². The quantitative estimate of drug-likeness (QED) is 0.625. The van der Waals surface area contributed by atoms with Crippen LogP contribution in [0.5, 0.6) is 5.75 Å². The third-order valence-electron chi connectivity index (χ3n) is 3.99. The second-order valence-corrected chi connectivity index (χ2v) is 6.47. The molecule has 0 aromatic heterocycles. The summed E-state index contributed by atoms with van der Waals surface area (Å²) < 4.78 is 0. The summed E-state index contributed by atoms with van der Waals surface area (Å²) in [6.45, 7) is 9.93. The molecule has 1 fully saturated rings. The number of hydrogen-bond acceptors (Lipinski definition) is 3. The molecule has 1 aliphatic rings. The van der Waals surface area contributed by atoms with Crippen molar-refractivity contribution >= 4 is 5.69 Å². The molecule has 1 unspecified atom stereocenters. The molecule has 1 heterocycles.